The zero-order valence-corrected chi connectivity index (χ0v) is 19.6. The molecule has 10 heteroatoms. The van der Waals surface area contributed by atoms with Gasteiger partial charge >= 0.3 is 0 Å². The minimum atomic E-state index is -3.78. The molecule has 1 aromatic heterocycles. The van der Waals surface area contributed by atoms with Crippen LogP contribution in [-0.2, 0) is 20.0 Å². The summed E-state index contributed by atoms with van der Waals surface area (Å²) in [6.45, 7) is 5.07. The molecule has 1 saturated heterocycles. The number of benzene rings is 1. The van der Waals surface area contributed by atoms with E-state index in [1.54, 1.807) is 36.5 Å². The van der Waals surface area contributed by atoms with Gasteiger partial charge in [-0.15, -0.1) is 0 Å². The van der Waals surface area contributed by atoms with Crippen LogP contribution < -0.4 is 9.04 Å². The third-order valence-corrected chi connectivity index (χ3v) is 8.11. The molecule has 1 fully saturated rings. The van der Waals surface area contributed by atoms with Crippen molar-refractivity contribution in [1.82, 2.24) is 9.29 Å². The van der Waals surface area contributed by atoms with E-state index in [4.69, 9.17) is 4.74 Å². The van der Waals surface area contributed by atoms with E-state index < -0.39 is 20.0 Å². The fourth-order valence-electron chi connectivity index (χ4n) is 3.44. The van der Waals surface area contributed by atoms with Gasteiger partial charge in [-0.2, -0.15) is 0 Å². The van der Waals surface area contributed by atoms with E-state index in [0.717, 1.165) is 0 Å². The Bertz CT molecular complexity index is 1060. The molecule has 1 aliphatic heterocycles. The Balaban J connectivity index is 1.72. The highest BCUT2D eigenvalue weighted by atomic mass is 32.2. The molecule has 0 radical (unpaired) electrons. The summed E-state index contributed by atoms with van der Waals surface area (Å²) in [5, 5.41) is 0. The maximum atomic E-state index is 13.3. The first-order valence-electron chi connectivity index (χ1n) is 10.2. The lowest BCUT2D eigenvalue weighted by Crippen LogP contribution is -2.41. The van der Waals surface area contributed by atoms with E-state index in [-0.39, 0.29) is 16.9 Å². The van der Waals surface area contributed by atoms with E-state index in [9.17, 15) is 16.8 Å². The van der Waals surface area contributed by atoms with E-state index in [1.165, 1.54) is 27.0 Å². The third kappa shape index (κ3) is 5.96. The van der Waals surface area contributed by atoms with Crippen LogP contribution in [0.15, 0.2) is 53.6 Å². The molecule has 0 bridgehead atoms. The number of sulfonamides is 2. The molecule has 2 aromatic rings. The highest BCUT2D eigenvalue weighted by molar-refractivity contribution is 7.92. The first kappa shape index (κ1) is 23.5. The summed E-state index contributed by atoms with van der Waals surface area (Å²) in [5.41, 5.74) is 0. The molecule has 1 aliphatic rings. The first-order chi connectivity index (χ1) is 14.6. The van der Waals surface area contributed by atoms with Crippen LogP contribution in [0.5, 0.6) is 5.75 Å². The predicted molar refractivity (Wildman–Crippen MR) is 120 cm³/mol. The van der Waals surface area contributed by atoms with Crippen LogP contribution in [0.3, 0.4) is 0 Å². The Hall–Kier alpha value is -2.17. The van der Waals surface area contributed by atoms with Crippen molar-refractivity contribution in [3.63, 3.8) is 0 Å². The zero-order chi connectivity index (χ0) is 22.6. The average molecular weight is 468 g/mol. The summed E-state index contributed by atoms with van der Waals surface area (Å²) in [6, 6.07) is 11.5. The molecular weight excluding hydrogens is 438 g/mol. The van der Waals surface area contributed by atoms with E-state index in [0.29, 0.717) is 44.0 Å². The molecule has 170 valence electrons. The van der Waals surface area contributed by atoms with Gasteiger partial charge in [0.25, 0.3) is 10.0 Å². The Morgan fingerprint density at radius 2 is 1.71 bits per heavy atom. The van der Waals surface area contributed by atoms with Gasteiger partial charge in [0, 0.05) is 25.8 Å². The summed E-state index contributed by atoms with van der Waals surface area (Å²) in [7, 11) is -6.96. The Kier molecular flexibility index (Phi) is 7.23. The fourth-order valence-corrected chi connectivity index (χ4v) is 5.90. The summed E-state index contributed by atoms with van der Waals surface area (Å²) < 4.78 is 58.5. The standard InChI is InChI=1S/C21H29N3O5S2/c1-17(2)16-24(21-6-4-5-13-22-21)31(27,28)20-9-7-18(8-10-20)29-19-11-14-23(15-12-19)30(3,25)26/h4-10,13,17,19H,11-12,14-16H2,1-3H3. The Labute approximate surface area is 185 Å². The average Bonchev–Trinajstić information content (AvgIpc) is 2.72. The first-order valence-corrected chi connectivity index (χ1v) is 13.5. The van der Waals surface area contributed by atoms with Crippen molar-refractivity contribution in [2.24, 2.45) is 5.92 Å². The molecule has 2 heterocycles. The van der Waals surface area contributed by atoms with E-state index in [1.807, 2.05) is 13.8 Å². The number of aromatic nitrogens is 1. The fraction of sp³-hybridized carbons (Fsp3) is 0.476. The summed E-state index contributed by atoms with van der Waals surface area (Å²) >= 11 is 0. The van der Waals surface area contributed by atoms with Crippen molar-refractivity contribution in [2.75, 3.05) is 30.2 Å². The lowest BCUT2D eigenvalue weighted by molar-refractivity contribution is 0.135. The molecule has 0 N–H and O–H groups in total. The molecule has 0 unspecified atom stereocenters. The van der Waals surface area contributed by atoms with Gasteiger partial charge in [0.1, 0.15) is 17.7 Å². The lowest BCUT2D eigenvalue weighted by Gasteiger charge is -2.30. The molecule has 1 aromatic carbocycles. The van der Waals surface area contributed by atoms with Gasteiger partial charge in [0.2, 0.25) is 10.0 Å². The normalized spacial score (nSPS) is 16.4. The number of hydrogen-bond donors (Lipinski definition) is 0. The van der Waals surface area contributed by atoms with Crippen molar-refractivity contribution in [1.29, 1.82) is 0 Å². The SMILES string of the molecule is CC(C)CN(c1ccccn1)S(=O)(=O)c1ccc(OC2CCN(S(C)(=O)=O)CC2)cc1. The molecule has 0 spiro atoms. The Morgan fingerprint density at radius 1 is 1.06 bits per heavy atom. The smallest absolute Gasteiger partial charge is 0.265 e. The van der Waals surface area contributed by atoms with Crippen molar-refractivity contribution >= 4 is 25.9 Å². The molecule has 3 rings (SSSR count). The second kappa shape index (κ2) is 9.54. The molecule has 0 saturated carbocycles. The second-order valence-electron chi connectivity index (χ2n) is 8.07. The van der Waals surface area contributed by atoms with Crippen molar-refractivity contribution < 1.29 is 21.6 Å². The van der Waals surface area contributed by atoms with Gasteiger partial charge in [-0.1, -0.05) is 19.9 Å². The van der Waals surface area contributed by atoms with Gasteiger partial charge in [-0.05, 0) is 55.2 Å². The van der Waals surface area contributed by atoms with Crippen LogP contribution >= 0.6 is 0 Å². The third-order valence-electron chi connectivity index (χ3n) is 5.02. The van der Waals surface area contributed by atoms with Crippen LogP contribution in [0.4, 0.5) is 5.82 Å². The minimum Gasteiger partial charge on any atom is -0.490 e. The molecule has 31 heavy (non-hydrogen) atoms. The number of anilines is 1. The van der Waals surface area contributed by atoms with Gasteiger partial charge in [-0.3, -0.25) is 0 Å². The molecule has 0 atom stereocenters. The van der Waals surface area contributed by atoms with Crippen molar-refractivity contribution in [3.05, 3.63) is 48.7 Å². The highest BCUT2D eigenvalue weighted by Crippen LogP contribution is 2.26. The Morgan fingerprint density at radius 3 is 2.23 bits per heavy atom. The number of hydrogen-bond acceptors (Lipinski definition) is 6. The monoisotopic (exact) mass is 467 g/mol. The van der Waals surface area contributed by atoms with Crippen LogP contribution in [0, 0.1) is 5.92 Å². The summed E-state index contributed by atoms with van der Waals surface area (Å²) in [5.74, 6) is 1.07. The molecular formula is C21H29N3O5S2. The maximum Gasteiger partial charge on any atom is 0.265 e. The molecule has 0 amide bonds. The van der Waals surface area contributed by atoms with Crippen LogP contribution in [0.2, 0.25) is 0 Å². The van der Waals surface area contributed by atoms with Gasteiger partial charge < -0.3 is 4.74 Å². The second-order valence-corrected chi connectivity index (χ2v) is 11.9. The van der Waals surface area contributed by atoms with Crippen molar-refractivity contribution in [2.45, 2.75) is 37.7 Å². The van der Waals surface area contributed by atoms with Crippen LogP contribution in [0.25, 0.3) is 0 Å². The lowest BCUT2D eigenvalue weighted by atomic mass is 10.1. The summed E-state index contributed by atoms with van der Waals surface area (Å²) in [4.78, 5) is 4.38. The van der Waals surface area contributed by atoms with Crippen LogP contribution in [0.1, 0.15) is 26.7 Å². The largest absolute Gasteiger partial charge is 0.490 e. The number of ether oxygens (including phenoxy) is 1. The number of rotatable bonds is 8. The van der Waals surface area contributed by atoms with Gasteiger partial charge in [-0.25, -0.2) is 30.4 Å². The van der Waals surface area contributed by atoms with Gasteiger partial charge in [0.05, 0.1) is 11.2 Å². The van der Waals surface area contributed by atoms with Crippen molar-refractivity contribution in [3.8, 4) is 5.75 Å². The summed E-state index contributed by atoms with van der Waals surface area (Å²) in [6.07, 6.45) is 3.86. The number of pyridine rings is 1. The topological polar surface area (TPSA) is 96.9 Å². The predicted octanol–water partition coefficient (Wildman–Crippen LogP) is 2.74. The minimum absolute atomic E-state index is 0.105. The maximum absolute atomic E-state index is 13.3. The van der Waals surface area contributed by atoms with Crippen LogP contribution in [-0.4, -0.2) is 58.1 Å². The van der Waals surface area contributed by atoms with E-state index >= 15 is 0 Å². The molecule has 0 aliphatic carbocycles. The highest BCUT2D eigenvalue weighted by Gasteiger charge is 2.28. The van der Waals surface area contributed by atoms with Gasteiger partial charge in [0.15, 0.2) is 0 Å². The van der Waals surface area contributed by atoms with E-state index in [2.05, 4.69) is 4.98 Å². The quantitative estimate of drug-likeness (QED) is 0.592. The number of nitrogens with zero attached hydrogens (tertiary/aromatic N) is 3. The molecule has 8 nitrogen and oxygen atoms in total. The number of piperidine rings is 1. The zero-order valence-electron chi connectivity index (χ0n) is 18.0.